The summed E-state index contributed by atoms with van der Waals surface area (Å²) in [6.45, 7) is 6.27. The molecule has 154 valence electrons. The molecule has 6 heteroatoms. The summed E-state index contributed by atoms with van der Waals surface area (Å²) in [4.78, 5) is 12.8. The van der Waals surface area contributed by atoms with E-state index in [0.717, 1.165) is 36.8 Å². The Bertz CT molecular complexity index is 1010. The highest BCUT2D eigenvalue weighted by molar-refractivity contribution is 7.92. The van der Waals surface area contributed by atoms with E-state index < -0.39 is 15.4 Å². The van der Waals surface area contributed by atoms with Crippen LogP contribution < -0.4 is 10.0 Å². The van der Waals surface area contributed by atoms with E-state index in [9.17, 15) is 13.2 Å². The van der Waals surface area contributed by atoms with E-state index in [1.807, 2.05) is 24.3 Å². The molecule has 2 aromatic carbocycles. The van der Waals surface area contributed by atoms with E-state index in [0.29, 0.717) is 11.7 Å². The Morgan fingerprint density at radius 2 is 1.55 bits per heavy atom. The molecule has 2 aliphatic carbocycles. The fourth-order valence-electron chi connectivity index (χ4n) is 3.53. The summed E-state index contributed by atoms with van der Waals surface area (Å²) in [6.07, 6.45) is 3.83. The molecular formula is C23H28N2O3S. The monoisotopic (exact) mass is 412 g/mol. The highest BCUT2D eigenvalue weighted by Gasteiger charge is 2.52. The third-order valence-corrected chi connectivity index (χ3v) is 7.21. The van der Waals surface area contributed by atoms with Crippen molar-refractivity contribution in [1.82, 2.24) is 5.32 Å². The molecule has 2 saturated carbocycles. The zero-order chi connectivity index (χ0) is 20.9. The van der Waals surface area contributed by atoms with E-state index in [1.54, 1.807) is 24.3 Å². The van der Waals surface area contributed by atoms with Gasteiger partial charge in [-0.05, 0) is 66.5 Å². The van der Waals surface area contributed by atoms with E-state index in [4.69, 9.17) is 0 Å². The van der Waals surface area contributed by atoms with E-state index >= 15 is 0 Å². The SMILES string of the molecule is CC(C)(C)c1ccc(S(=O)(=O)Nc2ccc(C3(C(=O)NC4CC4)CC3)cc2)cc1. The van der Waals surface area contributed by atoms with Gasteiger partial charge < -0.3 is 5.32 Å². The first-order valence-corrected chi connectivity index (χ1v) is 11.6. The third-order valence-electron chi connectivity index (χ3n) is 5.82. The second kappa shape index (κ2) is 6.87. The number of sulfonamides is 1. The smallest absolute Gasteiger partial charge is 0.261 e. The summed E-state index contributed by atoms with van der Waals surface area (Å²) in [7, 11) is -3.66. The molecule has 2 fully saturated rings. The van der Waals surface area contributed by atoms with Crippen LogP contribution in [-0.2, 0) is 25.6 Å². The summed E-state index contributed by atoms with van der Waals surface area (Å²) in [5.41, 5.74) is 2.07. The van der Waals surface area contributed by atoms with Gasteiger partial charge in [0.25, 0.3) is 10.0 Å². The van der Waals surface area contributed by atoms with Gasteiger partial charge >= 0.3 is 0 Å². The Hall–Kier alpha value is -2.34. The average Bonchev–Trinajstić information content (AvgIpc) is 3.56. The minimum Gasteiger partial charge on any atom is -0.353 e. The van der Waals surface area contributed by atoms with Gasteiger partial charge in [-0.25, -0.2) is 8.42 Å². The number of hydrogen-bond donors (Lipinski definition) is 2. The lowest BCUT2D eigenvalue weighted by Gasteiger charge is -2.19. The van der Waals surface area contributed by atoms with Gasteiger partial charge in [-0.2, -0.15) is 0 Å². The van der Waals surface area contributed by atoms with Gasteiger partial charge in [0.15, 0.2) is 0 Å². The summed E-state index contributed by atoms with van der Waals surface area (Å²) >= 11 is 0. The van der Waals surface area contributed by atoms with Crippen molar-refractivity contribution in [3.63, 3.8) is 0 Å². The molecule has 2 aromatic rings. The molecule has 0 aromatic heterocycles. The quantitative estimate of drug-likeness (QED) is 0.750. The maximum atomic E-state index is 12.7. The van der Waals surface area contributed by atoms with E-state index in [-0.39, 0.29) is 16.2 Å². The summed E-state index contributed by atoms with van der Waals surface area (Å²) in [5, 5.41) is 3.09. The lowest BCUT2D eigenvalue weighted by Crippen LogP contribution is -2.36. The predicted octanol–water partition coefficient (Wildman–Crippen LogP) is 4.10. The van der Waals surface area contributed by atoms with Crippen molar-refractivity contribution in [3.05, 3.63) is 59.7 Å². The fraction of sp³-hybridized carbons (Fsp3) is 0.435. The Morgan fingerprint density at radius 3 is 2.03 bits per heavy atom. The molecule has 0 atom stereocenters. The predicted molar refractivity (Wildman–Crippen MR) is 114 cm³/mol. The largest absolute Gasteiger partial charge is 0.353 e. The molecule has 0 spiro atoms. The van der Waals surface area contributed by atoms with Gasteiger partial charge in [0.05, 0.1) is 10.3 Å². The number of hydrogen-bond acceptors (Lipinski definition) is 3. The number of benzene rings is 2. The molecule has 0 bridgehead atoms. The van der Waals surface area contributed by atoms with Gasteiger partial charge in [-0.15, -0.1) is 0 Å². The molecule has 2 N–H and O–H groups in total. The first-order chi connectivity index (χ1) is 13.6. The van der Waals surface area contributed by atoms with Crippen LogP contribution in [0.2, 0.25) is 0 Å². The normalized spacial score (nSPS) is 18.2. The molecule has 0 saturated heterocycles. The van der Waals surface area contributed by atoms with Gasteiger partial charge in [0, 0.05) is 11.7 Å². The lowest BCUT2D eigenvalue weighted by molar-refractivity contribution is -0.123. The third kappa shape index (κ3) is 4.17. The molecule has 0 heterocycles. The number of rotatable bonds is 6. The number of nitrogens with one attached hydrogen (secondary N) is 2. The number of carbonyl (C=O) groups excluding carboxylic acids is 1. The van der Waals surface area contributed by atoms with Crippen molar-refractivity contribution in [1.29, 1.82) is 0 Å². The first-order valence-electron chi connectivity index (χ1n) is 10.2. The van der Waals surface area contributed by atoms with Gasteiger partial charge in [-0.1, -0.05) is 45.0 Å². The van der Waals surface area contributed by atoms with Gasteiger partial charge in [-0.3, -0.25) is 9.52 Å². The lowest BCUT2D eigenvalue weighted by atomic mass is 9.87. The minimum atomic E-state index is -3.66. The maximum Gasteiger partial charge on any atom is 0.261 e. The van der Waals surface area contributed by atoms with Crippen molar-refractivity contribution in [2.24, 2.45) is 0 Å². The molecule has 0 unspecified atom stereocenters. The van der Waals surface area contributed by atoms with E-state index in [1.165, 1.54) is 0 Å². The van der Waals surface area contributed by atoms with Crippen LogP contribution in [0.1, 0.15) is 57.6 Å². The van der Waals surface area contributed by atoms with Crippen LogP contribution in [0.3, 0.4) is 0 Å². The minimum absolute atomic E-state index is 0.0316. The topological polar surface area (TPSA) is 75.3 Å². The Balaban J connectivity index is 1.47. The molecule has 29 heavy (non-hydrogen) atoms. The molecule has 1 amide bonds. The number of carbonyl (C=O) groups is 1. The van der Waals surface area contributed by atoms with Crippen LogP contribution in [0.25, 0.3) is 0 Å². The van der Waals surface area contributed by atoms with Crippen molar-refractivity contribution in [2.75, 3.05) is 4.72 Å². The van der Waals surface area contributed by atoms with Gasteiger partial charge in [0.2, 0.25) is 5.91 Å². The summed E-state index contributed by atoms with van der Waals surface area (Å²) in [5.74, 6) is 0.104. The Morgan fingerprint density at radius 1 is 0.966 bits per heavy atom. The van der Waals surface area contributed by atoms with Gasteiger partial charge in [0.1, 0.15) is 0 Å². The second-order valence-electron chi connectivity index (χ2n) is 9.29. The first kappa shape index (κ1) is 20.0. The fourth-order valence-corrected chi connectivity index (χ4v) is 4.59. The van der Waals surface area contributed by atoms with E-state index in [2.05, 4.69) is 30.8 Å². The molecule has 4 rings (SSSR count). The van der Waals surface area contributed by atoms with Crippen LogP contribution in [-0.4, -0.2) is 20.4 Å². The van der Waals surface area contributed by atoms with Crippen molar-refractivity contribution in [3.8, 4) is 0 Å². The molecule has 5 nitrogen and oxygen atoms in total. The highest BCUT2D eigenvalue weighted by atomic mass is 32.2. The summed E-state index contributed by atoms with van der Waals surface area (Å²) in [6, 6.07) is 14.5. The van der Waals surface area contributed by atoms with Crippen LogP contribution in [0.15, 0.2) is 53.4 Å². The van der Waals surface area contributed by atoms with Crippen LogP contribution in [0.4, 0.5) is 5.69 Å². The van der Waals surface area contributed by atoms with Crippen molar-refractivity contribution in [2.45, 2.75) is 68.2 Å². The molecular weight excluding hydrogens is 384 g/mol. The molecule has 0 radical (unpaired) electrons. The zero-order valence-electron chi connectivity index (χ0n) is 17.2. The highest BCUT2D eigenvalue weighted by Crippen LogP contribution is 2.49. The molecule has 2 aliphatic rings. The van der Waals surface area contributed by atoms with Crippen LogP contribution in [0, 0.1) is 0 Å². The zero-order valence-corrected chi connectivity index (χ0v) is 18.0. The summed E-state index contributed by atoms with van der Waals surface area (Å²) < 4.78 is 28.1. The maximum absolute atomic E-state index is 12.7. The Labute approximate surface area is 173 Å². The van der Waals surface area contributed by atoms with Crippen molar-refractivity contribution < 1.29 is 13.2 Å². The van der Waals surface area contributed by atoms with Crippen LogP contribution >= 0.6 is 0 Å². The average molecular weight is 413 g/mol. The molecule has 0 aliphatic heterocycles. The standard InChI is InChI=1S/C23H28N2O3S/c1-22(2,3)16-6-12-20(13-7-16)29(27,28)25-19-8-4-17(5-9-19)23(14-15-23)21(26)24-18-10-11-18/h4-9,12-13,18,25H,10-11,14-15H2,1-3H3,(H,24,26). The van der Waals surface area contributed by atoms with Crippen molar-refractivity contribution >= 4 is 21.6 Å². The van der Waals surface area contributed by atoms with Crippen LogP contribution in [0.5, 0.6) is 0 Å². The second-order valence-corrected chi connectivity index (χ2v) is 11.0. The Kier molecular flexibility index (Phi) is 4.73. The number of amides is 1. The number of anilines is 1.